The summed E-state index contributed by atoms with van der Waals surface area (Å²) in [5.74, 6) is 0. The van der Waals surface area contributed by atoms with Gasteiger partial charge in [-0.3, -0.25) is 0 Å². The molecule has 1 heterocycles. The molecule has 4 N–H and O–H groups in total. The van der Waals surface area contributed by atoms with Crippen LogP contribution >= 0.6 is 0 Å². The van der Waals surface area contributed by atoms with Crippen LogP contribution in [0.4, 0.5) is 0 Å². The van der Waals surface area contributed by atoms with E-state index in [2.05, 4.69) is 0 Å². The quantitative estimate of drug-likeness (QED) is 0.432. The Hall–Kier alpha value is -0.160. The summed E-state index contributed by atoms with van der Waals surface area (Å²) in [7, 11) is 0. The number of rotatable bonds is 1. The Labute approximate surface area is 54.1 Å². The van der Waals surface area contributed by atoms with Gasteiger partial charge in [0.2, 0.25) is 0 Å². The summed E-state index contributed by atoms with van der Waals surface area (Å²) >= 11 is 0. The van der Waals surface area contributed by atoms with Crippen LogP contribution in [0.3, 0.4) is 0 Å². The average molecular weight is 132 g/mol. The van der Waals surface area contributed by atoms with Crippen molar-refractivity contribution >= 4 is 0 Å². The maximum Gasteiger partial charge on any atom is 0.109 e. The summed E-state index contributed by atoms with van der Waals surface area (Å²) in [6.07, 6.45) is -0.524. The van der Waals surface area contributed by atoms with E-state index in [0.717, 1.165) is 0 Å². The molecule has 0 spiro atoms. The molecule has 0 aliphatic carbocycles. The minimum absolute atomic E-state index is 0.112. The van der Waals surface area contributed by atoms with Crippen LogP contribution < -0.4 is 11.5 Å². The van der Waals surface area contributed by atoms with E-state index < -0.39 is 6.17 Å². The lowest BCUT2D eigenvalue weighted by molar-refractivity contribution is -0.0961. The van der Waals surface area contributed by atoms with Crippen molar-refractivity contribution < 1.29 is 9.47 Å². The Morgan fingerprint density at radius 1 is 1.33 bits per heavy atom. The Morgan fingerprint density at radius 3 is 2.44 bits per heavy atom. The monoisotopic (exact) mass is 132 g/mol. The Bertz CT molecular complexity index is 81.0. The molecule has 4 nitrogen and oxygen atoms in total. The van der Waals surface area contributed by atoms with Crippen molar-refractivity contribution in [3.05, 3.63) is 0 Å². The molecule has 1 aliphatic heterocycles. The summed E-state index contributed by atoms with van der Waals surface area (Å²) < 4.78 is 10.2. The third-order valence-electron chi connectivity index (χ3n) is 1.27. The molecule has 4 heteroatoms. The van der Waals surface area contributed by atoms with Gasteiger partial charge >= 0.3 is 0 Å². The molecule has 0 aromatic rings. The molecule has 0 amide bonds. The van der Waals surface area contributed by atoms with Crippen LogP contribution in [0.2, 0.25) is 0 Å². The van der Waals surface area contributed by atoms with E-state index in [4.69, 9.17) is 20.9 Å². The van der Waals surface area contributed by atoms with Crippen LogP contribution in [-0.2, 0) is 9.47 Å². The highest BCUT2D eigenvalue weighted by atomic mass is 16.6. The molecule has 0 aromatic carbocycles. The van der Waals surface area contributed by atoms with Crippen LogP contribution in [0.1, 0.15) is 0 Å². The predicted octanol–water partition coefficient (Wildman–Crippen LogP) is -1.35. The molecule has 1 rings (SSSR count). The van der Waals surface area contributed by atoms with Crippen molar-refractivity contribution in [2.24, 2.45) is 11.5 Å². The lowest BCUT2D eigenvalue weighted by atomic mass is 10.3. The van der Waals surface area contributed by atoms with Crippen LogP contribution in [0.15, 0.2) is 0 Å². The van der Waals surface area contributed by atoms with E-state index in [1.165, 1.54) is 0 Å². The number of hydrogen-bond donors (Lipinski definition) is 2. The molecule has 0 radical (unpaired) electrons. The van der Waals surface area contributed by atoms with Crippen molar-refractivity contribution in [2.45, 2.75) is 12.3 Å². The topological polar surface area (TPSA) is 70.5 Å². The van der Waals surface area contributed by atoms with Gasteiger partial charge in [0.25, 0.3) is 0 Å². The molecule has 54 valence electrons. The lowest BCUT2D eigenvalue weighted by Crippen LogP contribution is -2.49. The molecule has 1 atom stereocenters. The summed E-state index contributed by atoms with van der Waals surface area (Å²) in [6.45, 7) is 1.79. The average Bonchev–Trinajstić information content (AvgIpc) is 1.90. The van der Waals surface area contributed by atoms with Gasteiger partial charge in [-0.25, -0.2) is 0 Å². The molecule has 0 aromatic heterocycles. The highest BCUT2D eigenvalue weighted by Gasteiger charge is 2.17. The lowest BCUT2D eigenvalue weighted by Gasteiger charge is -2.25. The van der Waals surface area contributed by atoms with E-state index >= 15 is 0 Å². The highest BCUT2D eigenvalue weighted by Crippen LogP contribution is 1.99. The first-order chi connectivity index (χ1) is 4.30. The SMILES string of the molecule is NC(N)C1COCCO1. The molecule has 1 aliphatic rings. The zero-order chi connectivity index (χ0) is 6.69. The Kier molecular flexibility index (Phi) is 2.41. The van der Waals surface area contributed by atoms with E-state index in [-0.39, 0.29) is 6.10 Å². The fourth-order valence-electron chi connectivity index (χ4n) is 0.728. The van der Waals surface area contributed by atoms with Crippen LogP contribution in [-0.4, -0.2) is 32.1 Å². The summed E-state index contributed by atoms with van der Waals surface area (Å²) in [5, 5.41) is 0. The van der Waals surface area contributed by atoms with E-state index in [0.29, 0.717) is 19.8 Å². The summed E-state index contributed by atoms with van der Waals surface area (Å²) in [4.78, 5) is 0. The minimum Gasteiger partial charge on any atom is -0.376 e. The smallest absolute Gasteiger partial charge is 0.109 e. The fraction of sp³-hybridized carbons (Fsp3) is 1.00. The molecular formula is C5H12N2O2. The zero-order valence-electron chi connectivity index (χ0n) is 5.25. The molecule has 0 saturated carbocycles. The first-order valence-corrected chi connectivity index (χ1v) is 3.01. The van der Waals surface area contributed by atoms with Crippen molar-refractivity contribution in [2.75, 3.05) is 19.8 Å². The normalized spacial score (nSPS) is 29.0. The molecule has 9 heavy (non-hydrogen) atoms. The minimum atomic E-state index is -0.412. The number of hydrogen-bond acceptors (Lipinski definition) is 4. The van der Waals surface area contributed by atoms with Crippen molar-refractivity contribution in [1.82, 2.24) is 0 Å². The van der Waals surface area contributed by atoms with Gasteiger partial charge < -0.3 is 20.9 Å². The largest absolute Gasteiger partial charge is 0.376 e. The van der Waals surface area contributed by atoms with Crippen molar-refractivity contribution in [3.63, 3.8) is 0 Å². The van der Waals surface area contributed by atoms with E-state index in [1.807, 2.05) is 0 Å². The molecule has 1 saturated heterocycles. The molecule has 1 unspecified atom stereocenters. The molecule has 0 bridgehead atoms. The van der Waals surface area contributed by atoms with Gasteiger partial charge in [0.15, 0.2) is 0 Å². The Balaban J connectivity index is 2.23. The predicted molar refractivity (Wildman–Crippen MR) is 32.7 cm³/mol. The maximum atomic E-state index is 5.34. The van der Waals surface area contributed by atoms with Gasteiger partial charge in [0.05, 0.1) is 26.0 Å². The number of ether oxygens (including phenoxy) is 2. The summed E-state index contributed by atoms with van der Waals surface area (Å²) in [5.41, 5.74) is 10.7. The third kappa shape index (κ3) is 1.91. The second-order valence-corrected chi connectivity index (χ2v) is 2.06. The van der Waals surface area contributed by atoms with Crippen LogP contribution in [0, 0.1) is 0 Å². The molecule has 1 fully saturated rings. The number of nitrogens with two attached hydrogens (primary N) is 2. The Morgan fingerprint density at radius 2 is 2.11 bits per heavy atom. The zero-order valence-corrected chi connectivity index (χ0v) is 5.25. The van der Waals surface area contributed by atoms with Crippen molar-refractivity contribution in [1.29, 1.82) is 0 Å². The second-order valence-electron chi connectivity index (χ2n) is 2.06. The van der Waals surface area contributed by atoms with Crippen LogP contribution in [0.25, 0.3) is 0 Å². The molecular weight excluding hydrogens is 120 g/mol. The van der Waals surface area contributed by atoms with Gasteiger partial charge in [0, 0.05) is 0 Å². The first kappa shape index (κ1) is 6.95. The standard InChI is InChI=1S/C5H12N2O2/c6-5(7)4-3-8-1-2-9-4/h4-5H,1-3,6-7H2. The van der Waals surface area contributed by atoms with Gasteiger partial charge in [0.1, 0.15) is 6.10 Å². The second kappa shape index (κ2) is 3.12. The van der Waals surface area contributed by atoms with E-state index in [1.54, 1.807) is 0 Å². The van der Waals surface area contributed by atoms with E-state index in [9.17, 15) is 0 Å². The van der Waals surface area contributed by atoms with Crippen LogP contribution in [0.5, 0.6) is 0 Å². The van der Waals surface area contributed by atoms with Gasteiger partial charge in [-0.15, -0.1) is 0 Å². The van der Waals surface area contributed by atoms with Crippen molar-refractivity contribution in [3.8, 4) is 0 Å². The maximum absolute atomic E-state index is 5.34. The summed E-state index contributed by atoms with van der Waals surface area (Å²) in [6, 6.07) is 0. The van der Waals surface area contributed by atoms with Gasteiger partial charge in [-0.2, -0.15) is 0 Å². The fourth-order valence-corrected chi connectivity index (χ4v) is 0.728. The van der Waals surface area contributed by atoms with Gasteiger partial charge in [-0.05, 0) is 0 Å². The highest BCUT2D eigenvalue weighted by molar-refractivity contribution is 4.68. The first-order valence-electron chi connectivity index (χ1n) is 3.01. The van der Waals surface area contributed by atoms with Gasteiger partial charge in [-0.1, -0.05) is 0 Å². The third-order valence-corrected chi connectivity index (χ3v) is 1.27.